The van der Waals surface area contributed by atoms with Gasteiger partial charge in [0.1, 0.15) is 6.61 Å². The molecule has 3 aromatic rings. The number of rotatable bonds is 9. The van der Waals surface area contributed by atoms with Crippen LogP contribution in [0.25, 0.3) is 0 Å². The summed E-state index contributed by atoms with van der Waals surface area (Å²) in [5.41, 5.74) is 2.93. The van der Waals surface area contributed by atoms with Crippen molar-refractivity contribution in [1.29, 1.82) is 0 Å². The molecule has 0 aliphatic carbocycles. The van der Waals surface area contributed by atoms with Crippen LogP contribution in [0.15, 0.2) is 82.8 Å². The number of benzene rings is 3. The third kappa shape index (κ3) is 5.84. The molecule has 0 unspecified atom stereocenters. The fraction of sp³-hybridized carbons (Fsp3) is 0.174. The predicted octanol–water partition coefficient (Wildman–Crippen LogP) is 4.29. The zero-order valence-corrected chi connectivity index (χ0v) is 17.7. The Morgan fingerprint density at radius 2 is 1.67 bits per heavy atom. The van der Waals surface area contributed by atoms with E-state index in [1.807, 2.05) is 38.1 Å². The van der Waals surface area contributed by atoms with Crippen LogP contribution >= 0.6 is 0 Å². The average Bonchev–Trinajstić information content (AvgIpc) is 2.75. The van der Waals surface area contributed by atoms with Gasteiger partial charge in [-0.1, -0.05) is 48.0 Å². The molecule has 0 fully saturated rings. The van der Waals surface area contributed by atoms with E-state index in [1.54, 1.807) is 36.4 Å². The number of nitrogens with zero attached hydrogens (tertiary/aromatic N) is 1. The van der Waals surface area contributed by atoms with Gasteiger partial charge in [-0.3, -0.25) is 0 Å². The van der Waals surface area contributed by atoms with Gasteiger partial charge < -0.3 is 9.47 Å². The Hall–Kier alpha value is -3.32. The van der Waals surface area contributed by atoms with Gasteiger partial charge in [-0.25, -0.2) is 4.83 Å². The number of nitrogens with one attached hydrogen (secondary N) is 1. The summed E-state index contributed by atoms with van der Waals surface area (Å²) >= 11 is 0. The summed E-state index contributed by atoms with van der Waals surface area (Å²) in [5.74, 6) is 1.18. The van der Waals surface area contributed by atoms with Crippen LogP contribution < -0.4 is 14.3 Å². The quantitative estimate of drug-likeness (QED) is 0.411. The van der Waals surface area contributed by atoms with Gasteiger partial charge >= 0.3 is 0 Å². The number of hydrogen-bond donors (Lipinski definition) is 1. The van der Waals surface area contributed by atoms with Crippen LogP contribution in [0.2, 0.25) is 0 Å². The van der Waals surface area contributed by atoms with Gasteiger partial charge in [0.15, 0.2) is 11.5 Å². The molecule has 3 aromatic carbocycles. The van der Waals surface area contributed by atoms with E-state index < -0.39 is 10.0 Å². The molecular weight excluding hydrogens is 400 g/mol. The molecule has 0 amide bonds. The lowest BCUT2D eigenvalue weighted by molar-refractivity contribution is 0.269. The van der Waals surface area contributed by atoms with Gasteiger partial charge in [0.2, 0.25) is 0 Å². The monoisotopic (exact) mass is 424 g/mol. The van der Waals surface area contributed by atoms with Crippen molar-refractivity contribution in [3.05, 3.63) is 89.5 Å². The van der Waals surface area contributed by atoms with Crippen LogP contribution in [-0.4, -0.2) is 21.2 Å². The normalized spacial score (nSPS) is 11.4. The van der Waals surface area contributed by atoms with E-state index in [0.29, 0.717) is 30.3 Å². The number of hydrazone groups is 1. The summed E-state index contributed by atoms with van der Waals surface area (Å²) in [4.78, 5) is 2.36. The maximum Gasteiger partial charge on any atom is 0.276 e. The minimum atomic E-state index is -3.71. The van der Waals surface area contributed by atoms with Crippen LogP contribution in [0.1, 0.15) is 23.6 Å². The van der Waals surface area contributed by atoms with Crippen molar-refractivity contribution < 1.29 is 17.9 Å². The molecule has 0 spiro atoms. The largest absolute Gasteiger partial charge is 0.490 e. The number of aryl methyl sites for hydroxylation is 1. The zero-order valence-electron chi connectivity index (χ0n) is 16.9. The highest BCUT2D eigenvalue weighted by Gasteiger charge is 2.11. The molecule has 0 atom stereocenters. The fourth-order valence-corrected chi connectivity index (χ4v) is 3.47. The van der Waals surface area contributed by atoms with Gasteiger partial charge in [0, 0.05) is 0 Å². The molecule has 30 heavy (non-hydrogen) atoms. The first-order chi connectivity index (χ1) is 14.5. The molecule has 0 bridgehead atoms. The summed E-state index contributed by atoms with van der Waals surface area (Å²) in [7, 11) is -3.71. The molecule has 0 aliphatic heterocycles. The van der Waals surface area contributed by atoms with E-state index in [2.05, 4.69) is 9.93 Å². The second kappa shape index (κ2) is 9.93. The van der Waals surface area contributed by atoms with Crippen molar-refractivity contribution in [3.8, 4) is 11.5 Å². The molecule has 6 nitrogen and oxygen atoms in total. The van der Waals surface area contributed by atoms with Crippen LogP contribution in [-0.2, 0) is 16.6 Å². The van der Waals surface area contributed by atoms with Crippen molar-refractivity contribution in [3.63, 3.8) is 0 Å². The molecule has 3 rings (SSSR count). The molecule has 0 saturated carbocycles. The maximum atomic E-state index is 12.2. The minimum Gasteiger partial charge on any atom is -0.490 e. The van der Waals surface area contributed by atoms with Crippen LogP contribution in [0.5, 0.6) is 11.5 Å². The third-order valence-electron chi connectivity index (χ3n) is 4.22. The van der Waals surface area contributed by atoms with E-state index in [-0.39, 0.29) is 4.90 Å². The lowest BCUT2D eigenvalue weighted by atomic mass is 10.2. The number of sulfonamides is 1. The molecule has 7 heteroatoms. The van der Waals surface area contributed by atoms with Crippen molar-refractivity contribution in [2.45, 2.75) is 25.3 Å². The second-order valence-corrected chi connectivity index (χ2v) is 8.24. The third-order valence-corrected chi connectivity index (χ3v) is 5.46. The van der Waals surface area contributed by atoms with E-state index in [4.69, 9.17) is 9.47 Å². The number of hydrogen-bond acceptors (Lipinski definition) is 5. The van der Waals surface area contributed by atoms with Gasteiger partial charge in [0.25, 0.3) is 10.0 Å². The summed E-state index contributed by atoms with van der Waals surface area (Å²) in [6.07, 6.45) is 1.42. The minimum absolute atomic E-state index is 0.150. The van der Waals surface area contributed by atoms with Crippen LogP contribution in [0, 0.1) is 6.92 Å². The molecular formula is C23H24N2O4S. The predicted molar refractivity (Wildman–Crippen MR) is 117 cm³/mol. The topological polar surface area (TPSA) is 77.0 Å². The summed E-state index contributed by atoms with van der Waals surface area (Å²) in [6.45, 7) is 4.82. The second-order valence-electron chi connectivity index (χ2n) is 6.58. The van der Waals surface area contributed by atoms with Crippen molar-refractivity contribution in [2.24, 2.45) is 5.10 Å². The Morgan fingerprint density at radius 3 is 2.37 bits per heavy atom. The Labute approximate surface area is 177 Å². The lowest BCUT2D eigenvalue weighted by Crippen LogP contribution is -2.18. The lowest BCUT2D eigenvalue weighted by Gasteiger charge is -2.13. The molecule has 0 aromatic heterocycles. The number of ether oxygens (including phenoxy) is 2. The molecule has 0 radical (unpaired) electrons. The van der Waals surface area contributed by atoms with Crippen molar-refractivity contribution in [1.82, 2.24) is 4.83 Å². The fourth-order valence-electron chi connectivity index (χ4n) is 2.66. The van der Waals surface area contributed by atoms with Gasteiger partial charge in [-0.2, -0.15) is 13.5 Å². The first-order valence-electron chi connectivity index (χ1n) is 9.53. The van der Waals surface area contributed by atoms with E-state index in [9.17, 15) is 8.42 Å². The standard InChI is InChI=1S/C23H24N2O4S/c1-3-28-23-15-20(16-24-25-30(26,27)21-7-5-4-6-8-21)13-14-22(23)29-17-19-11-9-18(2)10-12-19/h4-16,25H,3,17H2,1-2H3/b24-16-. The smallest absolute Gasteiger partial charge is 0.276 e. The van der Waals surface area contributed by atoms with Gasteiger partial charge in [0.05, 0.1) is 17.7 Å². The van der Waals surface area contributed by atoms with E-state index in [0.717, 1.165) is 5.56 Å². The van der Waals surface area contributed by atoms with E-state index >= 15 is 0 Å². The first kappa shape index (κ1) is 21.4. The van der Waals surface area contributed by atoms with Crippen LogP contribution in [0.3, 0.4) is 0 Å². The molecule has 0 aliphatic rings. The average molecular weight is 425 g/mol. The highest BCUT2D eigenvalue weighted by atomic mass is 32.2. The summed E-state index contributed by atoms with van der Waals surface area (Å²) in [5, 5.41) is 3.86. The van der Waals surface area contributed by atoms with Crippen molar-refractivity contribution in [2.75, 3.05) is 6.61 Å². The van der Waals surface area contributed by atoms with Crippen molar-refractivity contribution >= 4 is 16.2 Å². The SMILES string of the molecule is CCOc1cc(/C=N\NS(=O)(=O)c2ccccc2)ccc1OCc1ccc(C)cc1. The Kier molecular flexibility index (Phi) is 7.08. The Balaban J connectivity index is 1.69. The van der Waals surface area contributed by atoms with Gasteiger partial charge in [-0.05, 0) is 55.3 Å². The maximum absolute atomic E-state index is 12.2. The summed E-state index contributed by atoms with van der Waals surface area (Å²) in [6, 6.07) is 21.5. The Bertz CT molecular complexity index is 1100. The highest BCUT2D eigenvalue weighted by molar-refractivity contribution is 7.89. The molecule has 1 N–H and O–H groups in total. The molecule has 156 valence electrons. The summed E-state index contributed by atoms with van der Waals surface area (Å²) < 4.78 is 36.0. The first-order valence-corrected chi connectivity index (χ1v) is 11.0. The molecule has 0 saturated heterocycles. The Morgan fingerprint density at radius 1 is 0.933 bits per heavy atom. The van der Waals surface area contributed by atoms with Gasteiger partial charge in [-0.15, -0.1) is 0 Å². The highest BCUT2D eigenvalue weighted by Crippen LogP contribution is 2.29. The van der Waals surface area contributed by atoms with E-state index in [1.165, 1.54) is 23.9 Å². The van der Waals surface area contributed by atoms with Crippen LogP contribution in [0.4, 0.5) is 0 Å². The molecule has 0 heterocycles. The zero-order chi connectivity index (χ0) is 21.4.